The summed E-state index contributed by atoms with van der Waals surface area (Å²) in [5, 5.41) is 17.3. The number of hydrogen-bond donors (Lipinski definition) is 2. The Morgan fingerprint density at radius 3 is 1.91 bits per heavy atom. The maximum absolute atomic E-state index is 13.8. The Hall–Kier alpha value is -3.16. The van der Waals surface area contributed by atoms with Crippen molar-refractivity contribution >= 4 is 52.1 Å². The topological polar surface area (TPSA) is 75.6 Å². The van der Waals surface area contributed by atoms with Crippen molar-refractivity contribution < 1.29 is 19.4 Å². The van der Waals surface area contributed by atoms with Gasteiger partial charge in [0, 0.05) is 21.0 Å². The minimum atomic E-state index is -2.10. The third kappa shape index (κ3) is 4.58. The van der Waals surface area contributed by atoms with Crippen LogP contribution in [0.2, 0.25) is 10.0 Å². The third-order valence-corrected chi connectivity index (χ3v) is 6.80. The van der Waals surface area contributed by atoms with Gasteiger partial charge in [0.15, 0.2) is 5.60 Å². The van der Waals surface area contributed by atoms with Gasteiger partial charge in [-0.15, -0.1) is 11.3 Å². The minimum absolute atomic E-state index is 0.212. The molecule has 172 valence electrons. The number of carbonyl (C=O) groups is 2. The average molecular weight is 512 g/mol. The van der Waals surface area contributed by atoms with Crippen molar-refractivity contribution in [2.45, 2.75) is 5.60 Å². The van der Waals surface area contributed by atoms with Crippen LogP contribution in [0, 0.1) is 0 Å². The summed E-state index contributed by atoms with van der Waals surface area (Å²) in [6, 6.07) is 22.0. The number of ether oxygens (including phenoxy) is 1. The normalized spacial score (nSPS) is 11.2. The number of halogens is 2. The molecular formula is C26H19Cl2NO4S. The molecule has 0 fully saturated rings. The maximum Gasteiger partial charge on any atom is 0.350 e. The predicted molar refractivity (Wildman–Crippen MR) is 136 cm³/mol. The number of aliphatic hydroxyl groups is 1. The molecule has 1 amide bonds. The highest BCUT2D eigenvalue weighted by atomic mass is 35.5. The van der Waals surface area contributed by atoms with Crippen molar-refractivity contribution in [3.05, 3.63) is 110 Å². The summed E-state index contributed by atoms with van der Waals surface area (Å²) in [5.74, 6) is -1.35. The highest BCUT2D eigenvalue weighted by molar-refractivity contribution is 7.13. The SMILES string of the molecule is COC(=O)c1scc(-c2ccccc2)c1NC(=O)C(O)(c1ccc(Cl)cc1)c1ccc(Cl)cc1. The molecule has 0 aliphatic rings. The lowest BCUT2D eigenvalue weighted by Gasteiger charge is -2.28. The number of amides is 1. The number of esters is 1. The summed E-state index contributed by atoms with van der Waals surface area (Å²) in [6.07, 6.45) is 0. The number of hydrogen-bond acceptors (Lipinski definition) is 5. The summed E-state index contributed by atoms with van der Waals surface area (Å²) in [6.45, 7) is 0. The van der Waals surface area contributed by atoms with Gasteiger partial charge < -0.3 is 15.2 Å². The van der Waals surface area contributed by atoms with Crippen LogP contribution in [0.4, 0.5) is 5.69 Å². The smallest absolute Gasteiger partial charge is 0.350 e. The first-order valence-corrected chi connectivity index (χ1v) is 11.8. The molecule has 8 heteroatoms. The van der Waals surface area contributed by atoms with E-state index in [1.54, 1.807) is 53.9 Å². The van der Waals surface area contributed by atoms with Crippen LogP contribution in [-0.2, 0) is 15.1 Å². The van der Waals surface area contributed by atoms with E-state index in [9.17, 15) is 14.7 Å². The fourth-order valence-electron chi connectivity index (χ4n) is 3.57. The zero-order valence-corrected chi connectivity index (χ0v) is 20.2. The van der Waals surface area contributed by atoms with Crippen molar-refractivity contribution in [3.63, 3.8) is 0 Å². The molecule has 3 aromatic carbocycles. The van der Waals surface area contributed by atoms with Gasteiger partial charge in [0.05, 0.1) is 12.8 Å². The molecular weight excluding hydrogens is 493 g/mol. The van der Waals surface area contributed by atoms with E-state index in [0.29, 0.717) is 26.7 Å². The zero-order chi connectivity index (χ0) is 24.3. The highest BCUT2D eigenvalue weighted by Crippen LogP contribution is 2.39. The van der Waals surface area contributed by atoms with Gasteiger partial charge >= 0.3 is 5.97 Å². The quantitative estimate of drug-likeness (QED) is 0.294. The Kier molecular flexibility index (Phi) is 7.05. The molecule has 0 saturated carbocycles. The molecule has 0 saturated heterocycles. The molecule has 5 nitrogen and oxygen atoms in total. The molecule has 0 aliphatic carbocycles. The van der Waals surface area contributed by atoms with Gasteiger partial charge in [-0.25, -0.2) is 4.79 Å². The van der Waals surface area contributed by atoms with Crippen LogP contribution in [-0.4, -0.2) is 24.1 Å². The Balaban J connectivity index is 1.84. The van der Waals surface area contributed by atoms with E-state index >= 15 is 0 Å². The monoisotopic (exact) mass is 511 g/mol. The van der Waals surface area contributed by atoms with E-state index in [4.69, 9.17) is 27.9 Å². The fraction of sp³-hybridized carbons (Fsp3) is 0.0769. The minimum Gasteiger partial charge on any atom is -0.465 e. The number of benzene rings is 3. The number of thiophene rings is 1. The van der Waals surface area contributed by atoms with Crippen LogP contribution in [0.3, 0.4) is 0 Å². The van der Waals surface area contributed by atoms with Crippen LogP contribution in [0.5, 0.6) is 0 Å². The summed E-state index contributed by atoms with van der Waals surface area (Å²) in [7, 11) is 1.27. The van der Waals surface area contributed by atoms with Crippen LogP contribution in [0.25, 0.3) is 11.1 Å². The maximum atomic E-state index is 13.8. The van der Waals surface area contributed by atoms with Crippen molar-refractivity contribution in [1.29, 1.82) is 0 Å². The van der Waals surface area contributed by atoms with Gasteiger partial charge in [0.2, 0.25) is 0 Å². The number of rotatable bonds is 6. The lowest BCUT2D eigenvalue weighted by atomic mass is 9.85. The Morgan fingerprint density at radius 2 is 1.41 bits per heavy atom. The van der Waals surface area contributed by atoms with E-state index in [1.165, 1.54) is 7.11 Å². The molecule has 4 rings (SSSR count). The van der Waals surface area contributed by atoms with E-state index in [-0.39, 0.29) is 10.6 Å². The van der Waals surface area contributed by atoms with Gasteiger partial charge in [-0.2, -0.15) is 0 Å². The molecule has 0 unspecified atom stereocenters. The highest BCUT2D eigenvalue weighted by Gasteiger charge is 2.41. The van der Waals surface area contributed by atoms with Crippen LogP contribution < -0.4 is 5.32 Å². The van der Waals surface area contributed by atoms with E-state index in [2.05, 4.69) is 5.32 Å². The van der Waals surface area contributed by atoms with E-state index in [0.717, 1.165) is 16.9 Å². The Morgan fingerprint density at radius 1 is 0.882 bits per heavy atom. The van der Waals surface area contributed by atoms with E-state index in [1.807, 2.05) is 30.3 Å². The second-order valence-corrected chi connectivity index (χ2v) is 9.14. The number of carbonyl (C=O) groups excluding carboxylic acids is 2. The van der Waals surface area contributed by atoms with Gasteiger partial charge in [-0.05, 0) is 41.0 Å². The standard InChI is InChI=1S/C26H19Cl2NO4S/c1-33-24(30)23-22(21(15-34-23)16-5-3-2-4-6-16)29-25(31)26(32,17-7-11-19(27)12-8-17)18-9-13-20(28)14-10-18/h2-15,32H,1H3,(H,29,31). The third-order valence-electron chi connectivity index (χ3n) is 5.34. The van der Waals surface area contributed by atoms with Crippen molar-refractivity contribution in [3.8, 4) is 11.1 Å². The molecule has 1 aromatic heterocycles. The first-order valence-electron chi connectivity index (χ1n) is 10.2. The molecule has 0 bridgehead atoms. The first-order chi connectivity index (χ1) is 16.3. The molecule has 0 spiro atoms. The van der Waals surface area contributed by atoms with Gasteiger partial charge in [0.25, 0.3) is 5.91 Å². The summed E-state index contributed by atoms with van der Waals surface area (Å²) in [5.41, 5.74) is 0.188. The summed E-state index contributed by atoms with van der Waals surface area (Å²) in [4.78, 5) is 26.5. The average Bonchev–Trinajstić information content (AvgIpc) is 3.27. The lowest BCUT2D eigenvalue weighted by Crippen LogP contribution is -2.41. The number of anilines is 1. The van der Waals surface area contributed by atoms with Gasteiger partial charge in [-0.1, -0.05) is 77.8 Å². The molecule has 0 aliphatic heterocycles. The van der Waals surface area contributed by atoms with Crippen LogP contribution in [0.1, 0.15) is 20.8 Å². The molecule has 4 aromatic rings. The second-order valence-electron chi connectivity index (χ2n) is 7.39. The molecule has 2 N–H and O–H groups in total. The van der Waals surface area contributed by atoms with Crippen LogP contribution in [0.15, 0.2) is 84.2 Å². The second kappa shape index (κ2) is 9.99. The largest absolute Gasteiger partial charge is 0.465 e. The van der Waals surface area contributed by atoms with Gasteiger partial charge in [-0.3, -0.25) is 4.79 Å². The van der Waals surface area contributed by atoms with Crippen LogP contribution >= 0.6 is 34.5 Å². The van der Waals surface area contributed by atoms with E-state index < -0.39 is 17.5 Å². The zero-order valence-electron chi connectivity index (χ0n) is 17.9. The first kappa shape index (κ1) is 24.0. The Labute approximate surface area is 210 Å². The molecule has 1 heterocycles. The fourth-order valence-corrected chi connectivity index (χ4v) is 4.77. The van der Waals surface area contributed by atoms with Crippen molar-refractivity contribution in [2.24, 2.45) is 0 Å². The Bertz CT molecular complexity index is 1270. The summed E-state index contributed by atoms with van der Waals surface area (Å²) >= 11 is 13.2. The van der Waals surface area contributed by atoms with Crippen molar-refractivity contribution in [2.75, 3.05) is 12.4 Å². The molecule has 34 heavy (non-hydrogen) atoms. The van der Waals surface area contributed by atoms with Crippen molar-refractivity contribution in [1.82, 2.24) is 0 Å². The summed E-state index contributed by atoms with van der Waals surface area (Å²) < 4.78 is 4.92. The number of methoxy groups -OCH3 is 1. The lowest BCUT2D eigenvalue weighted by molar-refractivity contribution is -0.131. The predicted octanol–water partition coefficient (Wildman–Crippen LogP) is 6.38. The molecule has 0 atom stereocenters. The number of nitrogens with one attached hydrogen (secondary N) is 1. The molecule has 0 radical (unpaired) electrons. The van der Waals surface area contributed by atoms with Gasteiger partial charge in [0.1, 0.15) is 4.88 Å².